The molecule has 92 valence electrons. The first-order chi connectivity index (χ1) is 8.20. The predicted octanol–water partition coefficient (Wildman–Crippen LogP) is -0.428. The van der Waals surface area contributed by atoms with Gasteiger partial charge in [0.25, 0.3) is 5.91 Å². The number of nitrogen functional groups attached to an aromatic ring is 1. The fraction of sp³-hybridized carbons (Fsp3) is 0.400. The van der Waals surface area contributed by atoms with Crippen LogP contribution in [0.5, 0.6) is 0 Å². The quantitative estimate of drug-likeness (QED) is 0.552. The van der Waals surface area contributed by atoms with Crippen molar-refractivity contribution in [3.8, 4) is 0 Å². The van der Waals surface area contributed by atoms with Gasteiger partial charge in [-0.3, -0.25) is 9.00 Å². The Kier molecular flexibility index (Phi) is 3.70. The van der Waals surface area contributed by atoms with Crippen molar-refractivity contribution in [1.82, 2.24) is 9.88 Å². The maximum absolute atomic E-state index is 12.0. The summed E-state index contributed by atoms with van der Waals surface area (Å²) in [7, 11) is -0.775. The van der Waals surface area contributed by atoms with E-state index in [1.54, 1.807) is 17.0 Å². The summed E-state index contributed by atoms with van der Waals surface area (Å²) in [6.45, 7) is 1.09. The Hall–Kier alpha value is -1.47. The van der Waals surface area contributed by atoms with Crippen molar-refractivity contribution in [2.75, 3.05) is 30.0 Å². The molecule has 6 nitrogen and oxygen atoms in total. The summed E-state index contributed by atoms with van der Waals surface area (Å²) in [5, 5.41) is 0. The van der Waals surface area contributed by atoms with Crippen LogP contribution in [0.2, 0.25) is 0 Å². The summed E-state index contributed by atoms with van der Waals surface area (Å²) in [6, 6.07) is 3.32. The van der Waals surface area contributed by atoms with E-state index in [1.165, 1.54) is 6.20 Å². The van der Waals surface area contributed by atoms with E-state index >= 15 is 0 Å². The van der Waals surface area contributed by atoms with Gasteiger partial charge in [-0.15, -0.1) is 0 Å². The van der Waals surface area contributed by atoms with Gasteiger partial charge in [-0.1, -0.05) is 0 Å². The molecule has 1 aromatic rings. The van der Waals surface area contributed by atoms with Gasteiger partial charge in [0.05, 0.1) is 5.56 Å². The minimum absolute atomic E-state index is 0.0715. The highest BCUT2D eigenvalue weighted by Gasteiger charge is 2.21. The normalized spacial score (nSPS) is 16.9. The molecule has 1 saturated heterocycles. The Morgan fingerprint density at radius 1 is 1.41 bits per heavy atom. The maximum atomic E-state index is 12.0. The number of carbonyl (C=O) groups is 1. The summed E-state index contributed by atoms with van der Waals surface area (Å²) in [6.07, 6.45) is 1.49. The Balaban J connectivity index is 2.05. The molecule has 0 aromatic carbocycles. The van der Waals surface area contributed by atoms with Gasteiger partial charge in [0, 0.05) is 41.6 Å². The smallest absolute Gasteiger partial charge is 0.255 e. The van der Waals surface area contributed by atoms with Crippen LogP contribution >= 0.6 is 0 Å². The van der Waals surface area contributed by atoms with Crippen molar-refractivity contribution < 1.29 is 9.00 Å². The number of carbonyl (C=O) groups excluding carboxylic acids is 1. The van der Waals surface area contributed by atoms with Crippen molar-refractivity contribution in [3.63, 3.8) is 0 Å². The van der Waals surface area contributed by atoms with Crippen molar-refractivity contribution in [1.29, 1.82) is 0 Å². The van der Waals surface area contributed by atoms with Crippen molar-refractivity contribution in [2.45, 2.75) is 0 Å². The molecular weight excluding hydrogens is 240 g/mol. The number of nitrogens with two attached hydrogens (primary N) is 1. The average molecular weight is 254 g/mol. The molecule has 0 saturated carbocycles. The van der Waals surface area contributed by atoms with Crippen LogP contribution in [0, 0.1) is 0 Å². The number of pyridine rings is 1. The molecule has 0 unspecified atom stereocenters. The van der Waals surface area contributed by atoms with E-state index in [-0.39, 0.29) is 5.91 Å². The summed E-state index contributed by atoms with van der Waals surface area (Å²) < 4.78 is 11.2. The van der Waals surface area contributed by atoms with Gasteiger partial charge in [-0.25, -0.2) is 10.8 Å². The third kappa shape index (κ3) is 2.80. The molecule has 0 radical (unpaired) electrons. The lowest BCUT2D eigenvalue weighted by atomic mass is 10.2. The highest BCUT2D eigenvalue weighted by molar-refractivity contribution is 7.85. The molecule has 1 aliphatic rings. The minimum atomic E-state index is -0.775. The van der Waals surface area contributed by atoms with E-state index in [0.29, 0.717) is 36.0 Å². The highest BCUT2D eigenvalue weighted by Crippen LogP contribution is 2.09. The fourth-order valence-corrected chi connectivity index (χ4v) is 2.68. The summed E-state index contributed by atoms with van der Waals surface area (Å²) in [5.74, 6) is 6.75. The second-order valence-electron chi connectivity index (χ2n) is 3.72. The van der Waals surface area contributed by atoms with E-state index in [9.17, 15) is 9.00 Å². The number of hydrogen-bond acceptors (Lipinski definition) is 5. The van der Waals surface area contributed by atoms with Crippen LogP contribution in [0.1, 0.15) is 10.4 Å². The number of rotatable bonds is 2. The highest BCUT2D eigenvalue weighted by atomic mass is 32.2. The molecule has 3 N–H and O–H groups in total. The van der Waals surface area contributed by atoms with Crippen LogP contribution in [-0.4, -0.2) is 44.6 Å². The lowest BCUT2D eigenvalue weighted by Gasteiger charge is -2.26. The van der Waals surface area contributed by atoms with Crippen LogP contribution in [0.15, 0.2) is 18.3 Å². The van der Waals surface area contributed by atoms with Crippen LogP contribution in [0.3, 0.4) is 0 Å². The molecular formula is C10H14N4O2S. The van der Waals surface area contributed by atoms with E-state index in [0.717, 1.165) is 0 Å². The molecule has 1 amide bonds. The van der Waals surface area contributed by atoms with E-state index in [1.807, 2.05) is 0 Å². The Morgan fingerprint density at radius 3 is 2.65 bits per heavy atom. The topological polar surface area (TPSA) is 88.3 Å². The Bertz CT molecular complexity index is 424. The Morgan fingerprint density at radius 2 is 2.12 bits per heavy atom. The van der Waals surface area contributed by atoms with Crippen molar-refractivity contribution >= 4 is 22.5 Å². The first-order valence-corrected chi connectivity index (χ1v) is 6.76. The minimum Gasteiger partial charge on any atom is -0.337 e. The van der Waals surface area contributed by atoms with Crippen molar-refractivity contribution in [2.24, 2.45) is 5.84 Å². The van der Waals surface area contributed by atoms with Crippen LogP contribution in [0.25, 0.3) is 0 Å². The number of aromatic nitrogens is 1. The van der Waals surface area contributed by atoms with Gasteiger partial charge >= 0.3 is 0 Å². The SMILES string of the molecule is NNc1ccc(C(=O)N2CCS(=O)CC2)cn1. The Labute approximate surface area is 102 Å². The van der Waals surface area contributed by atoms with E-state index < -0.39 is 10.8 Å². The molecule has 0 aliphatic carbocycles. The van der Waals surface area contributed by atoms with Gasteiger partial charge in [0.15, 0.2) is 0 Å². The zero-order valence-electron chi connectivity index (χ0n) is 9.26. The first kappa shape index (κ1) is 12.0. The molecule has 17 heavy (non-hydrogen) atoms. The lowest BCUT2D eigenvalue weighted by Crippen LogP contribution is -2.41. The molecule has 2 heterocycles. The second-order valence-corrected chi connectivity index (χ2v) is 5.41. The molecule has 0 bridgehead atoms. The summed E-state index contributed by atoms with van der Waals surface area (Å²) in [5.41, 5.74) is 2.93. The maximum Gasteiger partial charge on any atom is 0.255 e. The second kappa shape index (κ2) is 5.24. The summed E-state index contributed by atoms with van der Waals surface area (Å²) in [4.78, 5) is 17.7. The number of hydrogen-bond donors (Lipinski definition) is 2. The van der Waals surface area contributed by atoms with Crippen LogP contribution in [0.4, 0.5) is 5.82 Å². The number of hydrazine groups is 1. The fourth-order valence-electron chi connectivity index (χ4n) is 1.63. The standard InChI is InChI=1S/C10H14N4O2S/c11-13-9-2-1-8(7-12-9)10(15)14-3-5-17(16)6-4-14/h1-2,7H,3-6,11H2,(H,12,13). The van der Waals surface area contributed by atoms with Crippen molar-refractivity contribution in [3.05, 3.63) is 23.9 Å². The zero-order valence-corrected chi connectivity index (χ0v) is 10.1. The van der Waals surface area contributed by atoms with Gasteiger partial charge in [0.2, 0.25) is 0 Å². The monoisotopic (exact) mass is 254 g/mol. The number of anilines is 1. The average Bonchev–Trinajstić information content (AvgIpc) is 2.39. The number of amides is 1. The van der Waals surface area contributed by atoms with Gasteiger partial charge in [-0.2, -0.15) is 0 Å². The van der Waals surface area contributed by atoms with Gasteiger partial charge in [0.1, 0.15) is 5.82 Å². The predicted molar refractivity (Wildman–Crippen MR) is 65.8 cm³/mol. The molecule has 1 aliphatic heterocycles. The largest absolute Gasteiger partial charge is 0.337 e. The molecule has 2 rings (SSSR count). The number of nitrogens with one attached hydrogen (secondary N) is 1. The molecule has 7 heteroatoms. The third-order valence-electron chi connectivity index (χ3n) is 2.62. The zero-order chi connectivity index (χ0) is 12.3. The molecule has 1 aromatic heterocycles. The molecule has 0 atom stereocenters. The molecule has 0 spiro atoms. The first-order valence-electron chi connectivity index (χ1n) is 5.27. The lowest BCUT2D eigenvalue weighted by molar-refractivity contribution is 0.0771. The number of nitrogens with zero attached hydrogens (tertiary/aromatic N) is 2. The van der Waals surface area contributed by atoms with Crippen LogP contribution < -0.4 is 11.3 Å². The summed E-state index contributed by atoms with van der Waals surface area (Å²) >= 11 is 0. The van der Waals surface area contributed by atoms with E-state index in [2.05, 4.69) is 10.4 Å². The molecule has 1 fully saturated rings. The van der Waals surface area contributed by atoms with E-state index in [4.69, 9.17) is 5.84 Å². The third-order valence-corrected chi connectivity index (χ3v) is 3.90. The van der Waals surface area contributed by atoms with Gasteiger partial charge < -0.3 is 10.3 Å². The van der Waals surface area contributed by atoms with Crippen LogP contribution in [-0.2, 0) is 10.8 Å². The van der Waals surface area contributed by atoms with Gasteiger partial charge in [-0.05, 0) is 12.1 Å².